The molecular formula is C20H27N3S2. The van der Waals surface area contributed by atoms with E-state index < -0.39 is 0 Å². The number of aromatic nitrogens is 2. The SMILES string of the molecule is Cc1ncc(CN(Cc2cnc(C)s2)C23CC4CC(CC(C4)C2)C3)s1. The Hall–Kier alpha value is -0.780. The third-order valence-electron chi connectivity index (χ3n) is 6.71. The minimum atomic E-state index is 0.435. The highest BCUT2D eigenvalue weighted by Gasteiger charge is 2.53. The monoisotopic (exact) mass is 373 g/mol. The lowest BCUT2D eigenvalue weighted by Gasteiger charge is -2.60. The van der Waals surface area contributed by atoms with Crippen molar-refractivity contribution in [3.8, 4) is 0 Å². The zero-order chi connectivity index (χ0) is 17.0. The Morgan fingerprint density at radius 3 is 1.68 bits per heavy atom. The molecule has 25 heavy (non-hydrogen) atoms. The molecule has 6 rings (SSSR count). The molecule has 2 aromatic heterocycles. The van der Waals surface area contributed by atoms with Gasteiger partial charge in [0.25, 0.3) is 0 Å². The van der Waals surface area contributed by atoms with Crippen LogP contribution in [0.4, 0.5) is 0 Å². The predicted molar refractivity (Wildman–Crippen MR) is 104 cm³/mol. The molecule has 0 spiro atoms. The van der Waals surface area contributed by atoms with Gasteiger partial charge in [-0.15, -0.1) is 22.7 Å². The summed E-state index contributed by atoms with van der Waals surface area (Å²) in [5, 5.41) is 2.38. The average molecular weight is 374 g/mol. The van der Waals surface area contributed by atoms with Gasteiger partial charge in [0.15, 0.2) is 0 Å². The Bertz CT molecular complexity index is 685. The van der Waals surface area contributed by atoms with Gasteiger partial charge >= 0.3 is 0 Å². The molecule has 0 unspecified atom stereocenters. The molecule has 4 aliphatic carbocycles. The molecule has 5 heteroatoms. The number of aryl methyl sites for hydroxylation is 2. The summed E-state index contributed by atoms with van der Waals surface area (Å²) >= 11 is 3.74. The highest BCUT2D eigenvalue weighted by atomic mass is 32.1. The normalized spacial score (nSPS) is 33.5. The first-order valence-corrected chi connectivity index (χ1v) is 11.3. The standard InChI is InChI=1S/C20H27N3S2/c1-13-21-9-18(24-13)11-23(12-19-10-22-14(2)25-19)20-6-15-3-16(7-20)5-17(4-15)8-20/h9-10,15-17H,3-8,11-12H2,1-2H3. The van der Waals surface area contributed by atoms with E-state index in [1.807, 2.05) is 22.7 Å². The summed E-state index contributed by atoms with van der Waals surface area (Å²) in [5.41, 5.74) is 0.435. The number of hydrogen-bond donors (Lipinski definition) is 0. The lowest BCUT2D eigenvalue weighted by molar-refractivity contribution is -0.0956. The fraction of sp³-hybridized carbons (Fsp3) is 0.700. The first-order chi connectivity index (χ1) is 12.1. The zero-order valence-electron chi connectivity index (χ0n) is 15.2. The van der Waals surface area contributed by atoms with E-state index in [1.54, 1.807) is 0 Å². The van der Waals surface area contributed by atoms with Crippen LogP contribution < -0.4 is 0 Å². The molecule has 4 bridgehead atoms. The van der Waals surface area contributed by atoms with Gasteiger partial charge in [0.2, 0.25) is 0 Å². The molecule has 4 aliphatic rings. The summed E-state index contributed by atoms with van der Waals surface area (Å²) in [4.78, 5) is 14.7. The van der Waals surface area contributed by atoms with E-state index in [0.29, 0.717) is 5.54 Å². The van der Waals surface area contributed by atoms with Crippen molar-refractivity contribution < 1.29 is 0 Å². The molecule has 4 saturated carbocycles. The van der Waals surface area contributed by atoms with Crippen molar-refractivity contribution in [2.24, 2.45) is 17.8 Å². The number of nitrogens with zero attached hydrogens (tertiary/aromatic N) is 3. The molecule has 3 nitrogen and oxygen atoms in total. The summed E-state index contributed by atoms with van der Waals surface area (Å²) < 4.78 is 0. The van der Waals surface area contributed by atoms with Gasteiger partial charge in [0.1, 0.15) is 0 Å². The zero-order valence-corrected chi connectivity index (χ0v) is 16.8. The Labute approximate surface area is 158 Å². The number of hydrogen-bond acceptors (Lipinski definition) is 5. The van der Waals surface area contributed by atoms with E-state index in [1.165, 1.54) is 58.3 Å². The average Bonchev–Trinajstić information content (AvgIpc) is 3.14. The topological polar surface area (TPSA) is 29.0 Å². The van der Waals surface area contributed by atoms with Crippen molar-refractivity contribution in [1.29, 1.82) is 0 Å². The van der Waals surface area contributed by atoms with Gasteiger partial charge in [-0.2, -0.15) is 0 Å². The van der Waals surface area contributed by atoms with Crippen molar-refractivity contribution in [2.45, 2.75) is 71.0 Å². The lowest BCUT2D eigenvalue weighted by Crippen LogP contribution is -2.59. The van der Waals surface area contributed by atoms with E-state index in [9.17, 15) is 0 Å². The quantitative estimate of drug-likeness (QED) is 0.722. The summed E-state index contributed by atoms with van der Waals surface area (Å²) in [7, 11) is 0. The van der Waals surface area contributed by atoms with Gasteiger partial charge in [-0.1, -0.05) is 0 Å². The van der Waals surface area contributed by atoms with Crippen LogP contribution in [0.3, 0.4) is 0 Å². The van der Waals surface area contributed by atoms with Crippen molar-refractivity contribution in [1.82, 2.24) is 14.9 Å². The Balaban J connectivity index is 1.46. The van der Waals surface area contributed by atoms with Crippen LogP contribution in [0.5, 0.6) is 0 Å². The third-order valence-corrected chi connectivity index (χ3v) is 8.50. The first kappa shape index (κ1) is 16.4. The minimum Gasteiger partial charge on any atom is -0.287 e. The van der Waals surface area contributed by atoms with Gasteiger partial charge in [-0.3, -0.25) is 4.90 Å². The molecule has 0 aliphatic heterocycles. The summed E-state index contributed by atoms with van der Waals surface area (Å²) in [6.07, 6.45) is 13.0. The van der Waals surface area contributed by atoms with Crippen molar-refractivity contribution in [3.63, 3.8) is 0 Å². The minimum absolute atomic E-state index is 0.435. The molecule has 2 heterocycles. The van der Waals surface area contributed by atoms with Crippen LogP contribution >= 0.6 is 22.7 Å². The van der Waals surface area contributed by atoms with E-state index >= 15 is 0 Å². The second kappa shape index (κ2) is 6.14. The molecule has 0 amide bonds. The molecule has 2 aromatic rings. The van der Waals surface area contributed by atoms with Crippen LogP contribution in [0.15, 0.2) is 12.4 Å². The van der Waals surface area contributed by atoms with Gasteiger partial charge in [-0.05, 0) is 70.1 Å². The fourth-order valence-corrected chi connectivity index (χ4v) is 7.80. The third kappa shape index (κ3) is 3.08. The van der Waals surface area contributed by atoms with E-state index in [0.717, 1.165) is 30.8 Å². The maximum absolute atomic E-state index is 4.51. The van der Waals surface area contributed by atoms with Crippen molar-refractivity contribution in [3.05, 3.63) is 32.2 Å². The Morgan fingerprint density at radius 1 is 0.880 bits per heavy atom. The Morgan fingerprint density at radius 2 is 1.32 bits per heavy atom. The Kier molecular flexibility index (Phi) is 4.03. The first-order valence-electron chi connectivity index (χ1n) is 9.66. The number of rotatable bonds is 5. The second-order valence-corrected chi connectivity index (χ2v) is 11.3. The lowest BCUT2D eigenvalue weighted by atomic mass is 9.52. The molecule has 134 valence electrons. The molecule has 0 saturated heterocycles. The fourth-order valence-electron chi connectivity index (χ4n) is 6.18. The highest BCUT2D eigenvalue weighted by Crippen LogP contribution is 2.58. The van der Waals surface area contributed by atoms with Gasteiger partial charge in [-0.25, -0.2) is 9.97 Å². The summed E-state index contributed by atoms with van der Waals surface area (Å²) in [6, 6.07) is 0. The molecule has 0 atom stereocenters. The highest BCUT2D eigenvalue weighted by molar-refractivity contribution is 7.11. The molecule has 0 N–H and O–H groups in total. The smallest absolute Gasteiger partial charge is 0.0897 e. The van der Waals surface area contributed by atoms with Crippen LogP contribution in [0.2, 0.25) is 0 Å². The molecule has 0 aromatic carbocycles. The second-order valence-electron chi connectivity index (χ2n) is 8.69. The largest absolute Gasteiger partial charge is 0.287 e. The molecule has 0 radical (unpaired) electrons. The maximum atomic E-state index is 4.51. The molecular weight excluding hydrogens is 346 g/mol. The maximum Gasteiger partial charge on any atom is 0.0897 e. The van der Waals surface area contributed by atoms with E-state index in [-0.39, 0.29) is 0 Å². The van der Waals surface area contributed by atoms with E-state index in [2.05, 4.69) is 41.1 Å². The predicted octanol–water partition coefficient (Wildman–Crippen LogP) is 5.19. The van der Waals surface area contributed by atoms with Gasteiger partial charge in [0.05, 0.1) is 10.0 Å². The van der Waals surface area contributed by atoms with Crippen molar-refractivity contribution >= 4 is 22.7 Å². The van der Waals surface area contributed by atoms with Crippen LogP contribution in [0.1, 0.15) is 58.3 Å². The van der Waals surface area contributed by atoms with Gasteiger partial charge < -0.3 is 0 Å². The van der Waals surface area contributed by atoms with Crippen LogP contribution in [-0.2, 0) is 13.1 Å². The number of thiazole rings is 2. The van der Waals surface area contributed by atoms with E-state index in [4.69, 9.17) is 0 Å². The van der Waals surface area contributed by atoms with Crippen molar-refractivity contribution in [2.75, 3.05) is 0 Å². The molecule has 4 fully saturated rings. The van der Waals surface area contributed by atoms with Crippen LogP contribution in [0, 0.1) is 31.6 Å². The van der Waals surface area contributed by atoms with Crippen LogP contribution in [-0.4, -0.2) is 20.4 Å². The summed E-state index contributed by atoms with van der Waals surface area (Å²) in [5.74, 6) is 2.96. The van der Waals surface area contributed by atoms with Crippen LogP contribution in [0.25, 0.3) is 0 Å². The summed E-state index contributed by atoms with van der Waals surface area (Å²) in [6.45, 7) is 6.37. The van der Waals surface area contributed by atoms with Gasteiger partial charge in [0, 0.05) is 40.8 Å².